The van der Waals surface area contributed by atoms with Crippen molar-refractivity contribution >= 4 is 11.8 Å². The van der Waals surface area contributed by atoms with Crippen LogP contribution >= 0.6 is 0 Å². The molecule has 5 nitrogen and oxygen atoms in total. The van der Waals surface area contributed by atoms with Crippen LogP contribution in [0.2, 0.25) is 0 Å². The van der Waals surface area contributed by atoms with Crippen LogP contribution in [0.25, 0.3) is 0 Å². The molecule has 1 aliphatic carbocycles. The van der Waals surface area contributed by atoms with Gasteiger partial charge in [-0.2, -0.15) is 0 Å². The van der Waals surface area contributed by atoms with Gasteiger partial charge in [0.2, 0.25) is 0 Å². The van der Waals surface area contributed by atoms with Crippen molar-refractivity contribution in [1.29, 1.82) is 0 Å². The highest BCUT2D eigenvalue weighted by atomic mass is 16.6. The van der Waals surface area contributed by atoms with Crippen molar-refractivity contribution in [3.05, 3.63) is 12.2 Å². The van der Waals surface area contributed by atoms with Gasteiger partial charge in [-0.3, -0.25) is 9.59 Å². The predicted octanol–water partition coefficient (Wildman–Crippen LogP) is 3.31. The van der Waals surface area contributed by atoms with E-state index in [9.17, 15) is 9.59 Å². The summed E-state index contributed by atoms with van der Waals surface area (Å²) in [5.74, 6) is 1.17. The van der Waals surface area contributed by atoms with Crippen LogP contribution in [0.15, 0.2) is 12.2 Å². The highest BCUT2D eigenvalue weighted by Gasteiger charge is 2.64. The first kappa shape index (κ1) is 19.1. The number of ether oxygens (including phenoxy) is 3. The number of ketones is 1. The molecular weight excluding hydrogens is 344 g/mol. The summed E-state index contributed by atoms with van der Waals surface area (Å²) in [4.78, 5) is 25.0. The van der Waals surface area contributed by atoms with Crippen molar-refractivity contribution in [2.24, 2.45) is 29.6 Å². The molecule has 9 atom stereocenters. The number of esters is 1. The molecule has 3 saturated heterocycles. The number of hydrogen-bond acceptors (Lipinski definition) is 5. The number of carbonyl (C=O) groups is 2. The van der Waals surface area contributed by atoms with Gasteiger partial charge in [-0.25, -0.2) is 0 Å². The molecule has 3 aliphatic heterocycles. The Balaban J connectivity index is 1.82. The van der Waals surface area contributed by atoms with Crippen LogP contribution in [0.4, 0.5) is 0 Å². The van der Waals surface area contributed by atoms with E-state index in [1.54, 1.807) is 0 Å². The highest BCUT2D eigenvalue weighted by molar-refractivity contribution is 5.88. The Kier molecular flexibility index (Phi) is 4.75. The fourth-order valence-electron chi connectivity index (χ4n) is 6.21. The topological polar surface area (TPSA) is 61.8 Å². The van der Waals surface area contributed by atoms with Crippen molar-refractivity contribution in [3.63, 3.8) is 0 Å². The predicted molar refractivity (Wildman–Crippen MR) is 100.0 cm³/mol. The standard InChI is InChI=1S/C22H32O5/c1-11-6-7-17(24)22(5)21-18-15(13(3)10-25-22)9-12(2)20(26-14(4)23)19(18)16(8-11)27-21/h12-13,15-16,18-21H,1,6-10H2,2-5H3/t12-,13+,15+,16+,18+,19+,20-,21+,22+/m1/s1. The van der Waals surface area contributed by atoms with Gasteiger partial charge in [0.15, 0.2) is 5.78 Å². The maximum Gasteiger partial charge on any atom is 0.302 e. The second-order valence-electron chi connectivity index (χ2n) is 9.47. The molecule has 4 fully saturated rings. The fraction of sp³-hybridized carbons (Fsp3) is 0.818. The summed E-state index contributed by atoms with van der Waals surface area (Å²) in [5, 5.41) is 0. The van der Waals surface area contributed by atoms with Crippen LogP contribution in [0.5, 0.6) is 0 Å². The largest absolute Gasteiger partial charge is 0.462 e. The number of carbonyl (C=O) groups excluding carboxylic acids is 2. The van der Waals surface area contributed by atoms with Gasteiger partial charge in [-0.05, 0) is 43.9 Å². The van der Waals surface area contributed by atoms with Crippen molar-refractivity contribution < 1.29 is 23.8 Å². The quantitative estimate of drug-likeness (QED) is 0.519. The summed E-state index contributed by atoms with van der Waals surface area (Å²) in [5.41, 5.74) is 0.118. The first-order chi connectivity index (χ1) is 12.7. The van der Waals surface area contributed by atoms with Crippen molar-refractivity contribution in [2.45, 2.75) is 77.3 Å². The van der Waals surface area contributed by atoms with Crippen LogP contribution in [0.3, 0.4) is 0 Å². The zero-order chi connectivity index (χ0) is 19.5. The molecule has 4 rings (SSSR count). The highest BCUT2D eigenvalue weighted by Crippen LogP contribution is 2.57. The first-order valence-corrected chi connectivity index (χ1v) is 10.4. The molecule has 0 unspecified atom stereocenters. The minimum absolute atomic E-state index is 0.0683. The fourth-order valence-corrected chi connectivity index (χ4v) is 6.21. The average Bonchev–Trinajstić information content (AvgIpc) is 2.95. The SMILES string of the molecule is C=C1CCC(=O)[C@]2(C)OC[C@H](C)[C@@H]3C[C@@H](C)[C@@H](OC(C)=O)[C@@H]4[C@H]3[C@@H]2O[C@H]4C1. The summed E-state index contributed by atoms with van der Waals surface area (Å²) in [6, 6.07) is 0. The summed E-state index contributed by atoms with van der Waals surface area (Å²) >= 11 is 0. The second kappa shape index (κ2) is 6.70. The molecule has 0 amide bonds. The van der Waals surface area contributed by atoms with Crippen LogP contribution < -0.4 is 0 Å². The zero-order valence-corrected chi connectivity index (χ0v) is 16.9. The molecule has 4 aliphatic rings. The van der Waals surface area contributed by atoms with Crippen LogP contribution in [-0.2, 0) is 23.8 Å². The molecule has 0 radical (unpaired) electrons. The molecule has 0 aromatic rings. The molecule has 0 aromatic carbocycles. The van der Waals surface area contributed by atoms with Gasteiger partial charge in [-0.1, -0.05) is 26.0 Å². The molecule has 3 heterocycles. The van der Waals surface area contributed by atoms with Crippen molar-refractivity contribution in [1.82, 2.24) is 0 Å². The Morgan fingerprint density at radius 2 is 1.96 bits per heavy atom. The van der Waals surface area contributed by atoms with E-state index in [2.05, 4.69) is 20.4 Å². The Bertz CT molecular complexity index is 657. The summed E-state index contributed by atoms with van der Waals surface area (Å²) in [7, 11) is 0. The van der Waals surface area contributed by atoms with E-state index in [-0.39, 0.29) is 47.8 Å². The van der Waals surface area contributed by atoms with E-state index in [4.69, 9.17) is 14.2 Å². The molecular formula is C22H32O5. The third-order valence-corrected chi connectivity index (χ3v) is 7.59. The minimum atomic E-state index is -0.924. The van der Waals surface area contributed by atoms with Gasteiger partial charge in [0, 0.05) is 25.2 Å². The molecule has 0 aromatic heterocycles. The lowest BCUT2D eigenvalue weighted by Crippen LogP contribution is -2.54. The van der Waals surface area contributed by atoms with E-state index in [0.29, 0.717) is 31.3 Å². The third-order valence-electron chi connectivity index (χ3n) is 7.59. The van der Waals surface area contributed by atoms with Gasteiger partial charge in [-0.15, -0.1) is 0 Å². The molecule has 0 N–H and O–H groups in total. The maximum atomic E-state index is 13.2. The molecule has 150 valence electrons. The Labute approximate surface area is 161 Å². The summed E-state index contributed by atoms with van der Waals surface area (Å²) in [6.07, 6.45) is 2.33. The second-order valence-corrected chi connectivity index (χ2v) is 9.47. The van der Waals surface area contributed by atoms with Crippen molar-refractivity contribution in [3.8, 4) is 0 Å². The van der Waals surface area contributed by atoms with Crippen LogP contribution in [0, 0.1) is 29.6 Å². The summed E-state index contributed by atoms with van der Waals surface area (Å²) < 4.78 is 18.7. The lowest BCUT2D eigenvalue weighted by molar-refractivity contribution is -0.165. The van der Waals surface area contributed by atoms with Crippen LogP contribution in [0.1, 0.15) is 53.4 Å². The van der Waals surface area contributed by atoms with E-state index in [0.717, 1.165) is 18.4 Å². The lowest BCUT2D eigenvalue weighted by Gasteiger charge is -2.46. The smallest absolute Gasteiger partial charge is 0.302 e. The Hall–Kier alpha value is -1.20. The Morgan fingerprint density at radius 1 is 1.22 bits per heavy atom. The van der Waals surface area contributed by atoms with Gasteiger partial charge in [0.1, 0.15) is 11.7 Å². The number of rotatable bonds is 1. The van der Waals surface area contributed by atoms with Crippen LogP contribution in [-0.4, -0.2) is 42.3 Å². The molecule has 0 spiro atoms. The van der Waals surface area contributed by atoms with E-state index < -0.39 is 5.60 Å². The zero-order valence-electron chi connectivity index (χ0n) is 16.9. The van der Waals surface area contributed by atoms with E-state index in [1.165, 1.54) is 6.92 Å². The summed E-state index contributed by atoms with van der Waals surface area (Å²) in [6.45, 7) is 12.6. The molecule has 1 saturated carbocycles. The average molecular weight is 376 g/mol. The van der Waals surface area contributed by atoms with Gasteiger partial charge >= 0.3 is 5.97 Å². The number of fused-ring (bicyclic) bond motifs is 2. The molecule has 27 heavy (non-hydrogen) atoms. The molecule has 5 heteroatoms. The maximum absolute atomic E-state index is 13.2. The van der Waals surface area contributed by atoms with Gasteiger partial charge in [0.05, 0.1) is 18.8 Å². The van der Waals surface area contributed by atoms with Gasteiger partial charge in [0.25, 0.3) is 0 Å². The Morgan fingerprint density at radius 3 is 2.67 bits per heavy atom. The first-order valence-electron chi connectivity index (χ1n) is 10.4. The third kappa shape index (κ3) is 2.98. The van der Waals surface area contributed by atoms with E-state index >= 15 is 0 Å². The number of hydrogen-bond donors (Lipinski definition) is 0. The number of Topliss-reactive ketones (excluding diaryl/α,β-unsaturated/α-hetero) is 1. The van der Waals surface area contributed by atoms with E-state index in [1.807, 2.05) is 6.92 Å². The lowest BCUT2D eigenvalue weighted by atomic mass is 9.59. The normalized spacial score (nSPS) is 49.6. The van der Waals surface area contributed by atoms with Gasteiger partial charge < -0.3 is 14.2 Å². The van der Waals surface area contributed by atoms with Crippen molar-refractivity contribution in [2.75, 3.05) is 6.61 Å². The minimum Gasteiger partial charge on any atom is -0.462 e. The molecule has 2 bridgehead atoms. The monoisotopic (exact) mass is 376 g/mol.